The van der Waals surface area contributed by atoms with Gasteiger partial charge in [-0.3, -0.25) is 14.9 Å². The molecule has 94 valence electrons. The fourth-order valence-electron chi connectivity index (χ4n) is 1.93. The molecule has 0 fully saturated rings. The van der Waals surface area contributed by atoms with Gasteiger partial charge in [-0.25, -0.2) is 0 Å². The topological polar surface area (TPSA) is 73.3 Å². The summed E-state index contributed by atoms with van der Waals surface area (Å²) in [7, 11) is 0. The van der Waals surface area contributed by atoms with Crippen LogP contribution in [0.5, 0.6) is 0 Å². The molecular formula is C13H6BrNO4. The summed E-state index contributed by atoms with van der Waals surface area (Å²) >= 11 is 3.29. The summed E-state index contributed by atoms with van der Waals surface area (Å²) in [5.74, 6) is 0. The second kappa shape index (κ2) is 4.17. The van der Waals surface area contributed by atoms with Gasteiger partial charge in [0.15, 0.2) is 0 Å². The average Bonchev–Trinajstić information content (AvgIpc) is 2.37. The van der Waals surface area contributed by atoms with Gasteiger partial charge in [0.1, 0.15) is 11.2 Å². The third-order valence-electron chi connectivity index (χ3n) is 2.83. The molecule has 0 aliphatic heterocycles. The number of non-ortho nitro benzene ring substituents is 1. The van der Waals surface area contributed by atoms with E-state index in [1.807, 2.05) is 0 Å². The molecule has 1 heterocycles. The van der Waals surface area contributed by atoms with Crippen molar-refractivity contribution in [1.29, 1.82) is 0 Å². The second-order valence-electron chi connectivity index (χ2n) is 4.01. The molecule has 0 aliphatic rings. The van der Waals surface area contributed by atoms with Crippen LogP contribution in [-0.2, 0) is 0 Å². The smallest absolute Gasteiger partial charge is 0.273 e. The molecule has 0 radical (unpaired) electrons. The van der Waals surface area contributed by atoms with Gasteiger partial charge in [-0.1, -0.05) is 15.9 Å². The fraction of sp³-hybridized carbons (Fsp3) is 0. The van der Waals surface area contributed by atoms with Gasteiger partial charge in [0.25, 0.3) is 5.69 Å². The first-order valence-corrected chi connectivity index (χ1v) is 6.16. The van der Waals surface area contributed by atoms with Gasteiger partial charge in [0.2, 0.25) is 5.43 Å². The van der Waals surface area contributed by atoms with Crippen molar-refractivity contribution < 1.29 is 9.34 Å². The Bertz CT molecular complexity index is 885. The minimum Gasteiger partial charge on any atom is -0.456 e. The number of halogens is 1. The van der Waals surface area contributed by atoms with Crippen molar-refractivity contribution in [2.75, 3.05) is 0 Å². The molecule has 0 spiro atoms. The lowest BCUT2D eigenvalue weighted by molar-refractivity contribution is -0.384. The molecule has 0 aliphatic carbocycles. The molecule has 0 amide bonds. The molecule has 0 saturated carbocycles. The van der Waals surface area contributed by atoms with Crippen molar-refractivity contribution in [3.05, 3.63) is 61.2 Å². The Morgan fingerprint density at radius 1 is 1.05 bits per heavy atom. The van der Waals surface area contributed by atoms with Crippen LogP contribution in [0.25, 0.3) is 21.9 Å². The van der Waals surface area contributed by atoms with Crippen molar-refractivity contribution in [2.24, 2.45) is 0 Å². The number of nitrogens with zero attached hydrogens (tertiary/aromatic N) is 1. The molecule has 0 bridgehead atoms. The maximum Gasteiger partial charge on any atom is 0.273 e. The highest BCUT2D eigenvalue weighted by Gasteiger charge is 2.12. The molecule has 3 aromatic rings. The fourth-order valence-corrected chi connectivity index (χ4v) is 2.27. The highest BCUT2D eigenvalue weighted by Crippen LogP contribution is 2.24. The highest BCUT2D eigenvalue weighted by molar-refractivity contribution is 9.10. The van der Waals surface area contributed by atoms with Crippen LogP contribution in [0, 0.1) is 10.1 Å². The molecule has 0 saturated heterocycles. The number of fused-ring (bicyclic) bond motifs is 2. The van der Waals surface area contributed by atoms with Crippen LogP contribution in [0.2, 0.25) is 0 Å². The molecule has 0 unspecified atom stereocenters. The number of nitro groups is 1. The van der Waals surface area contributed by atoms with Crippen LogP contribution >= 0.6 is 15.9 Å². The Labute approximate surface area is 114 Å². The number of hydrogen-bond donors (Lipinski definition) is 0. The van der Waals surface area contributed by atoms with Crippen LogP contribution in [-0.4, -0.2) is 4.92 Å². The summed E-state index contributed by atoms with van der Waals surface area (Å²) in [6.07, 6.45) is 0. The van der Waals surface area contributed by atoms with Crippen molar-refractivity contribution in [3.63, 3.8) is 0 Å². The molecule has 2 aromatic carbocycles. The molecule has 3 rings (SSSR count). The minimum absolute atomic E-state index is 0.106. The lowest BCUT2D eigenvalue weighted by Crippen LogP contribution is -2.02. The van der Waals surface area contributed by atoms with Gasteiger partial charge in [-0.2, -0.15) is 0 Å². The minimum atomic E-state index is -0.523. The lowest BCUT2D eigenvalue weighted by Gasteiger charge is -2.01. The van der Waals surface area contributed by atoms with Crippen LogP contribution in [0.1, 0.15) is 0 Å². The Hall–Kier alpha value is -2.21. The monoisotopic (exact) mass is 319 g/mol. The quantitative estimate of drug-likeness (QED) is 0.390. The van der Waals surface area contributed by atoms with Crippen molar-refractivity contribution >= 4 is 43.6 Å². The normalized spacial score (nSPS) is 11.0. The van der Waals surface area contributed by atoms with E-state index in [-0.39, 0.29) is 16.7 Å². The number of benzene rings is 2. The van der Waals surface area contributed by atoms with E-state index in [0.29, 0.717) is 16.4 Å². The number of hydrogen-bond acceptors (Lipinski definition) is 4. The summed E-state index contributed by atoms with van der Waals surface area (Å²) in [5.41, 5.74) is 0.306. The summed E-state index contributed by atoms with van der Waals surface area (Å²) in [5, 5.41) is 11.5. The maximum absolute atomic E-state index is 12.2. The Morgan fingerprint density at radius 2 is 1.68 bits per heavy atom. The van der Waals surface area contributed by atoms with Crippen LogP contribution in [0.3, 0.4) is 0 Å². The van der Waals surface area contributed by atoms with Gasteiger partial charge in [0, 0.05) is 10.5 Å². The van der Waals surface area contributed by atoms with E-state index in [2.05, 4.69) is 15.9 Å². The van der Waals surface area contributed by atoms with E-state index in [1.54, 1.807) is 18.2 Å². The lowest BCUT2D eigenvalue weighted by atomic mass is 10.1. The van der Waals surface area contributed by atoms with E-state index >= 15 is 0 Å². The van der Waals surface area contributed by atoms with E-state index in [0.717, 1.165) is 4.47 Å². The first kappa shape index (κ1) is 11.9. The standard InChI is InChI=1S/C13H6BrNO4/c14-7-1-3-9-11(5-7)19-12-6-8(15(17)18)2-4-10(12)13(9)16/h1-6H. The van der Waals surface area contributed by atoms with Gasteiger partial charge in [0.05, 0.1) is 21.8 Å². The second-order valence-corrected chi connectivity index (χ2v) is 4.92. The first-order valence-electron chi connectivity index (χ1n) is 5.37. The Kier molecular flexibility index (Phi) is 2.60. The van der Waals surface area contributed by atoms with E-state index in [1.165, 1.54) is 18.2 Å². The first-order chi connectivity index (χ1) is 9.06. The van der Waals surface area contributed by atoms with Gasteiger partial charge < -0.3 is 4.42 Å². The number of rotatable bonds is 1. The zero-order valence-electron chi connectivity index (χ0n) is 9.42. The van der Waals surface area contributed by atoms with Crippen molar-refractivity contribution in [1.82, 2.24) is 0 Å². The Balaban J connectivity index is 2.46. The summed E-state index contributed by atoms with van der Waals surface area (Å²) in [4.78, 5) is 22.4. The molecule has 0 atom stereocenters. The predicted octanol–water partition coefficient (Wildman–Crippen LogP) is 3.62. The van der Waals surface area contributed by atoms with Gasteiger partial charge in [-0.05, 0) is 24.3 Å². The van der Waals surface area contributed by atoms with Crippen LogP contribution in [0.4, 0.5) is 5.69 Å². The molecular weight excluding hydrogens is 314 g/mol. The van der Waals surface area contributed by atoms with Crippen molar-refractivity contribution in [2.45, 2.75) is 0 Å². The summed E-state index contributed by atoms with van der Waals surface area (Å²) < 4.78 is 6.34. The molecule has 1 aromatic heterocycles. The average molecular weight is 320 g/mol. The zero-order chi connectivity index (χ0) is 13.6. The third kappa shape index (κ3) is 1.90. The molecule has 19 heavy (non-hydrogen) atoms. The third-order valence-corrected chi connectivity index (χ3v) is 3.32. The highest BCUT2D eigenvalue weighted by atomic mass is 79.9. The SMILES string of the molecule is O=c1c2ccc(Br)cc2oc2cc([N+](=O)[O-])ccc12. The molecule has 5 nitrogen and oxygen atoms in total. The van der Waals surface area contributed by atoms with Gasteiger partial charge >= 0.3 is 0 Å². The van der Waals surface area contributed by atoms with Crippen LogP contribution in [0.15, 0.2) is 50.1 Å². The van der Waals surface area contributed by atoms with Gasteiger partial charge in [-0.15, -0.1) is 0 Å². The Morgan fingerprint density at radius 3 is 2.37 bits per heavy atom. The predicted molar refractivity (Wildman–Crippen MR) is 74.3 cm³/mol. The maximum atomic E-state index is 12.2. The zero-order valence-corrected chi connectivity index (χ0v) is 11.0. The summed E-state index contributed by atoms with van der Waals surface area (Å²) in [6.45, 7) is 0. The van der Waals surface area contributed by atoms with Crippen molar-refractivity contribution in [3.8, 4) is 0 Å². The van der Waals surface area contributed by atoms with E-state index in [4.69, 9.17) is 4.42 Å². The van der Waals surface area contributed by atoms with Crippen LogP contribution < -0.4 is 5.43 Å². The summed E-state index contributed by atoms with van der Waals surface area (Å²) in [6, 6.07) is 9.04. The van der Waals surface area contributed by atoms with E-state index in [9.17, 15) is 14.9 Å². The largest absolute Gasteiger partial charge is 0.456 e. The van der Waals surface area contributed by atoms with E-state index < -0.39 is 4.92 Å². The number of nitro benzene ring substituents is 1. The molecule has 6 heteroatoms. The molecule has 0 N–H and O–H groups in total.